The number of benzene rings is 12. The van der Waals surface area contributed by atoms with Gasteiger partial charge in [-0.15, -0.1) is 0 Å². The molecule has 0 fully saturated rings. The van der Waals surface area contributed by atoms with Crippen LogP contribution in [0.15, 0.2) is 402 Å². The van der Waals surface area contributed by atoms with Crippen LogP contribution in [-0.4, -0.2) is 87.4 Å². The second-order valence-corrected chi connectivity index (χ2v) is 29.7. The lowest BCUT2D eigenvalue weighted by molar-refractivity contribution is -0.141. The van der Waals surface area contributed by atoms with E-state index in [9.17, 15) is 43.2 Å². The van der Waals surface area contributed by atoms with E-state index in [1.54, 1.807) is 244 Å². The van der Waals surface area contributed by atoms with E-state index in [4.69, 9.17) is 29.4 Å². The first-order valence-electron chi connectivity index (χ1n) is 40.7. The van der Waals surface area contributed by atoms with Crippen molar-refractivity contribution in [2.45, 2.75) is 118 Å². The maximum Gasteiger partial charge on any atom is 0.405 e. The van der Waals surface area contributed by atoms with Crippen LogP contribution in [0.4, 0.5) is 0 Å². The van der Waals surface area contributed by atoms with E-state index in [1.807, 2.05) is 140 Å². The highest BCUT2D eigenvalue weighted by atomic mass is 32.2. The van der Waals surface area contributed by atoms with Gasteiger partial charge in [0.1, 0.15) is 28.9 Å². The van der Waals surface area contributed by atoms with Crippen LogP contribution >= 0.6 is 23.5 Å². The monoisotopic (exact) mass is 1730 g/mol. The maximum absolute atomic E-state index is 13.1. The van der Waals surface area contributed by atoms with Crippen molar-refractivity contribution in [2.24, 2.45) is 30.9 Å². The SMILES string of the molecule is CC(C)=NOC(=O)c1ccccc1.CCCCCC/C(=N\OC(=O)C(=O)c1ccccc1)C(=O)c1ccc(Sc2ccccc2)cc1.CCCCCC/C(=N\OC(C)=O)C(=O)c1ccc(Sc2ccccc2)cc1.N#C/C(=N\OC(=O)c1ccccc1)c1ccccc1.O=C(O/N=C(\C(=N/OC(=O)c1ccccc1)c1ccccc1)c1ccccc1)c1ccccc1. The molecule has 0 aromatic heterocycles. The minimum Gasteiger partial charge on any atom is -0.318 e. The molecule has 0 aliphatic carbocycles. The fourth-order valence-corrected chi connectivity index (χ4v) is 12.7. The van der Waals surface area contributed by atoms with Gasteiger partial charge in [0, 0.05) is 59.9 Å². The summed E-state index contributed by atoms with van der Waals surface area (Å²) in [6.45, 7) is 9.04. The van der Waals surface area contributed by atoms with E-state index >= 15 is 0 Å². The number of nitrogens with zero attached hydrogens (tertiary/aromatic N) is 7. The Kier molecular flexibility index (Phi) is 42.6. The number of Topliss-reactive ketones (excluding diaryl/α,β-unsaturated/α-hetero) is 3. The second-order valence-electron chi connectivity index (χ2n) is 27.4. The quantitative estimate of drug-likeness (QED) is 0.00903. The highest BCUT2D eigenvalue weighted by molar-refractivity contribution is 7.99. The molecule has 24 heteroatoms. The Balaban J connectivity index is 0.000000203. The number of unbranched alkanes of at least 4 members (excludes halogenated alkanes) is 6. The lowest BCUT2D eigenvalue weighted by Gasteiger charge is -2.10. The maximum atomic E-state index is 13.1. The predicted molar refractivity (Wildman–Crippen MR) is 494 cm³/mol. The Morgan fingerprint density at radius 3 is 0.843 bits per heavy atom. The van der Waals surface area contributed by atoms with Gasteiger partial charge in [-0.3, -0.25) is 14.4 Å². The first-order chi connectivity index (χ1) is 61.9. The summed E-state index contributed by atoms with van der Waals surface area (Å²) in [7, 11) is 0. The van der Waals surface area contributed by atoms with Crippen LogP contribution in [0.3, 0.4) is 0 Å². The molecule has 0 radical (unpaired) electrons. The van der Waals surface area contributed by atoms with Crippen molar-refractivity contribution in [1.29, 1.82) is 5.26 Å². The van der Waals surface area contributed by atoms with Crippen LogP contribution in [0.25, 0.3) is 0 Å². The third-order valence-electron chi connectivity index (χ3n) is 17.5. The number of oxime groups is 6. The van der Waals surface area contributed by atoms with E-state index in [-0.39, 0.29) is 40.0 Å². The molecule has 0 bridgehead atoms. The van der Waals surface area contributed by atoms with Gasteiger partial charge in [0.2, 0.25) is 11.6 Å². The zero-order valence-corrected chi connectivity index (χ0v) is 72.3. The summed E-state index contributed by atoms with van der Waals surface area (Å²) in [6.07, 6.45) is 8.75. The summed E-state index contributed by atoms with van der Waals surface area (Å²) < 4.78 is 0. The molecule has 0 atom stereocenters. The van der Waals surface area contributed by atoms with Crippen molar-refractivity contribution in [3.8, 4) is 6.07 Å². The first kappa shape index (κ1) is 97.1. The number of nitriles is 1. The van der Waals surface area contributed by atoms with Crippen LogP contribution in [0.1, 0.15) is 188 Å². The summed E-state index contributed by atoms with van der Waals surface area (Å²) in [6, 6.07) is 106. The zero-order valence-electron chi connectivity index (χ0n) is 70.6. The third kappa shape index (κ3) is 35.2. The number of hydrogen-bond donors (Lipinski definition) is 0. The molecule has 0 amide bonds. The Morgan fingerprint density at radius 1 is 0.268 bits per heavy atom. The fraction of sp³-hybridized carbons (Fsp3) is 0.146. The van der Waals surface area contributed by atoms with Gasteiger partial charge >= 0.3 is 35.8 Å². The van der Waals surface area contributed by atoms with Gasteiger partial charge in [-0.1, -0.05) is 337 Å². The van der Waals surface area contributed by atoms with Gasteiger partial charge < -0.3 is 29.0 Å². The molecule has 12 rings (SSSR count). The molecule has 12 aromatic carbocycles. The Hall–Kier alpha value is -15.3. The largest absolute Gasteiger partial charge is 0.405 e. The highest BCUT2D eigenvalue weighted by Gasteiger charge is 2.24. The standard InChI is InChI=1S/C28H20N2O4.C28H27NO4S.C22H25NO3S.C15H10N2O2.C10H11NO2/c31-27(23-17-9-3-10-18-23)33-29-25(21-13-5-1-6-14-21)26(22-15-7-2-8-16-22)30-34-28(32)24-19-11-4-12-20-24;1-2-3-4-11-16-25(29-33-28(32)27(31)21-12-7-5-8-13-21)26(30)22-17-19-24(20-18-22)34-23-14-9-6-10-15-23;1-3-4-5-9-12-21(23-26-17(2)24)22(25)18-13-15-20(16-14-18)27-19-10-7-6-8-11-19;16-11-14(12-7-3-1-4-8-12)17-19-15(18)13-9-5-2-6-10-13;1-8(2)11-13-10(12)9-6-4-3-5-7-9/h1-20H;5-10,12-15,17-20H,2-4,11,16H2,1H3;6-8,10-11,13-16H,3-5,9,12H2,1-2H3;1-10H;3-7H,1-2H3/b29-25-,30-26-;29-25+;23-21+;17-14+;. The summed E-state index contributed by atoms with van der Waals surface area (Å²) >= 11 is 3.24. The number of ketones is 3. The average molecular weight is 1730 g/mol. The van der Waals surface area contributed by atoms with Crippen molar-refractivity contribution in [2.75, 3.05) is 0 Å². The van der Waals surface area contributed by atoms with Crippen LogP contribution in [0.2, 0.25) is 0 Å². The lowest BCUT2D eigenvalue weighted by Crippen LogP contribution is -2.20. The molecule has 0 N–H and O–H groups in total. The number of carbonyl (C=O) groups is 9. The van der Waals surface area contributed by atoms with Gasteiger partial charge in [0.15, 0.2) is 5.71 Å². The van der Waals surface area contributed by atoms with Gasteiger partial charge in [0.25, 0.3) is 5.78 Å². The summed E-state index contributed by atoms with van der Waals surface area (Å²) in [4.78, 5) is 143. The molecule has 642 valence electrons. The molecule has 12 aromatic rings. The van der Waals surface area contributed by atoms with Crippen LogP contribution in [0, 0.1) is 11.3 Å². The molecular weight excluding hydrogens is 1640 g/mol. The molecule has 0 saturated heterocycles. The van der Waals surface area contributed by atoms with Crippen LogP contribution < -0.4 is 0 Å². The lowest BCUT2D eigenvalue weighted by atomic mass is 10.00. The van der Waals surface area contributed by atoms with Crippen molar-refractivity contribution >= 4 is 111 Å². The Bertz CT molecular complexity index is 5630. The highest BCUT2D eigenvalue weighted by Crippen LogP contribution is 2.30. The molecule has 0 aliphatic rings. The molecule has 0 heterocycles. The van der Waals surface area contributed by atoms with Gasteiger partial charge in [-0.25, -0.2) is 28.8 Å². The minimum absolute atomic E-state index is 0.0601. The van der Waals surface area contributed by atoms with Gasteiger partial charge in [0.05, 0.1) is 28.0 Å². The van der Waals surface area contributed by atoms with Gasteiger partial charge in [-0.2, -0.15) is 5.26 Å². The normalized spacial score (nSPS) is 11.0. The van der Waals surface area contributed by atoms with Gasteiger partial charge in [-0.05, 0) is 161 Å². The predicted octanol–water partition coefficient (Wildman–Crippen LogP) is 23.2. The molecule has 127 heavy (non-hydrogen) atoms. The number of hydrogen-bond acceptors (Lipinski definition) is 24. The second kappa shape index (κ2) is 55.6. The van der Waals surface area contributed by atoms with Crippen molar-refractivity contribution in [3.05, 3.63) is 407 Å². The molecule has 0 unspecified atom stereocenters. The number of rotatable bonds is 34. The number of carbonyl (C=O) groups excluding carboxylic acids is 9. The Labute approximate surface area is 746 Å². The minimum atomic E-state index is -1.11. The van der Waals surface area contributed by atoms with Crippen LogP contribution in [-0.2, 0) is 38.6 Å². The Morgan fingerprint density at radius 2 is 0.535 bits per heavy atom. The molecule has 0 aliphatic heterocycles. The molecular formula is C103H93N7O15S2. The topological polar surface area (TPSA) is 307 Å². The molecule has 22 nitrogen and oxygen atoms in total. The fourth-order valence-electron chi connectivity index (χ4n) is 11.0. The van der Waals surface area contributed by atoms with Crippen molar-refractivity contribution in [1.82, 2.24) is 0 Å². The van der Waals surface area contributed by atoms with Crippen molar-refractivity contribution < 1.29 is 72.2 Å². The summed E-state index contributed by atoms with van der Waals surface area (Å²) in [5.74, 6) is -5.21. The summed E-state index contributed by atoms with van der Waals surface area (Å²) in [5.41, 5.74) is 6.34. The average Bonchev–Trinajstić information content (AvgIpc) is 0.735. The van der Waals surface area contributed by atoms with E-state index in [1.165, 1.54) is 19.1 Å². The van der Waals surface area contributed by atoms with E-state index in [0.29, 0.717) is 74.3 Å². The van der Waals surface area contributed by atoms with E-state index in [2.05, 4.69) is 49.6 Å². The summed E-state index contributed by atoms with van der Waals surface area (Å²) in [5, 5.41) is 32.1. The van der Waals surface area contributed by atoms with Crippen molar-refractivity contribution in [3.63, 3.8) is 0 Å². The first-order valence-corrected chi connectivity index (χ1v) is 42.3. The van der Waals surface area contributed by atoms with E-state index < -0.39 is 41.6 Å². The molecule has 0 spiro atoms. The molecule has 0 saturated carbocycles. The van der Waals surface area contributed by atoms with E-state index in [0.717, 1.165) is 70.9 Å². The zero-order chi connectivity index (χ0) is 90.4. The smallest absolute Gasteiger partial charge is 0.318 e. The third-order valence-corrected chi connectivity index (χ3v) is 19.5. The van der Waals surface area contributed by atoms with Crippen LogP contribution in [0.5, 0.6) is 0 Å².